The predicted octanol–water partition coefficient (Wildman–Crippen LogP) is 0.898. The molecule has 0 atom stereocenters. The van der Waals surface area contributed by atoms with Crippen LogP contribution >= 0.6 is 0 Å². The van der Waals surface area contributed by atoms with Gasteiger partial charge in [-0.1, -0.05) is 0 Å². The molecule has 12 heavy (non-hydrogen) atoms. The van der Waals surface area contributed by atoms with Crippen LogP contribution in [0.4, 0.5) is 5.69 Å². The van der Waals surface area contributed by atoms with Gasteiger partial charge in [-0.3, -0.25) is 4.79 Å². The van der Waals surface area contributed by atoms with E-state index in [1.807, 2.05) is 13.2 Å². The zero-order chi connectivity index (χ0) is 8.55. The molecule has 2 aromatic heterocycles. The summed E-state index contributed by atoms with van der Waals surface area (Å²) in [7, 11) is 1.81. The van der Waals surface area contributed by atoms with Crippen molar-refractivity contribution in [3.8, 4) is 0 Å². The van der Waals surface area contributed by atoms with Crippen molar-refractivity contribution in [2.75, 3.05) is 12.4 Å². The highest BCUT2D eigenvalue weighted by molar-refractivity contribution is 5.88. The van der Waals surface area contributed by atoms with Crippen LogP contribution in [0.25, 0.3) is 11.0 Å². The second-order valence-corrected chi connectivity index (χ2v) is 2.56. The maximum atomic E-state index is 11.0. The standard InChI is InChI=1S/C8H9N3O/c1-9-6-4-10-5-2-3-7(12)11-8(5)6/h2-4,9-10H,1H3,(H,11,12). The topological polar surface area (TPSA) is 60.7 Å². The molecule has 2 rings (SSSR count). The van der Waals surface area contributed by atoms with Crippen molar-refractivity contribution >= 4 is 16.7 Å². The van der Waals surface area contributed by atoms with Gasteiger partial charge in [-0.15, -0.1) is 0 Å². The molecular formula is C8H9N3O. The Hall–Kier alpha value is -1.71. The Balaban J connectivity index is 2.84. The van der Waals surface area contributed by atoms with Crippen LogP contribution in [0, 0.1) is 0 Å². The number of pyridine rings is 1. The number of H-pyrrole nitrogens is 2. The fourth-order valence-electron chi connectivity index (χ4n) is 1.23. The van der Waals surface area contributed by atoms with Crippen LogP contribution in [-0.2, 0) is 0 Å². The molecule has 0 saturated carbocycles. The van der Waals surface area contributed by atoms with Crippen LogP contribution in [-0.4, -0.2) is 17.0 Å². The van der Waals surface area contributed by atoms with Gasteiger partial charge >= 0.3 is 0 Å². The first kappa shape index (κ1) is 6.97. The summed E-state index contributed by atoms with van der Waals surface area (Å²) in [6.07, 6.45) is 1.82. The number of aromatic amines is 2. The summed E-state index contributed by atoms with van der Waals surface area (Å²) in [6.45, 7) is 0. The van der Waals surface area contributed by atoms with E-state index >= 15 is 0 Å². The smallest absolute Gasteiger partial charge is 0.248 e. The predicted molar refractivity (Wildman–Crippen MR) is 48.5 cm³/mol. The average molecular weight is 163 g/mol. The highest BCUT2D eigenvalue weighted by Crippen LogP contribution is 2.17. The molecule has 4 heteroatoms. The van der Waals surface area contributed by atoms with Crippen LogP contribution in [0.15, 0.2) is 23.1 Å². The van der Waals surface area contributed by atoms with Gasteiger partial charge in [0.1, 0.15) is 0 Å². The number of anilines is 1. The van der Waals surface area contributed by atoms with Gasteiger partial charge in [-0.2, -0.15) is 0 Å². The zero-order valence-electron chi connectivity index (χ0n) is 6.64. The van der Waals surface area contributed by atoms with Crippen LogP contribution < -0.4 is 10.9 Å². The monoisotopic (exact) mass is 163 g/mol. The van der Waals surface area contributed by atoms with Crippen molar-refractivity contribution in [3.05, 3.63) is 28.7 Å². The average Bonchev–Trinajstić information content (AvgIpc) is 2.46. The summed E-state index contributed by atoms with van der Waals surface area (Å²) >= 11 is 0. The van der Waals surface area contributed by atoms with Gasteiger partial charge in [-0.25, -0.2) is 0 Å². The molecule has 4 nitrogen and oxygen atoms in total. The first-order valence-electron chi connectivity index (χ1n) is 3.69. The molecule has 0 unspecified atom stereocenters. The molecule has 0 bridgehead atoms. The van der Waals surface area contributed by atoms with Crippen LogP contribution in [0.5, 0.6) is 0 Å². The van der Waals surface area contributed by atoms with Gasteiger partial charge in [0, 0.05) is 19.3 Å². The maximum Gasteiger partial charge on any atom is 0.248 e. The highest BCUT2D eigenvalue weighted by atomic mass is 16.1. The Morgan fingerprint density at radius 3 is 3.00 bits per heavy atom. The Kier molecular flexibility index (Phi) is 1.40. The van der Waals surface area contributed by atoms with E-state index in [1.54, 1.807) is 6.07 Å². The number of aromatic nitrogens is 2. The summed E-state index contributed by atoms with van der Waals surface area (Å²) in [6, 6.07) is 3.26. The minimum Gasteiger partial charge on any atom is -0.385 e. The second-order valence-electron chi connectivity index (χ2n) is 2.56. The van der Waals surface area contributed by atoms with Crippen molar-refractivity contribution in [3.63, 3.8) is 0 Å². The van der Waals surface area contributed by atoms with E-state index < -0.39 is 0 Å². The van der Waals surface area contributed by atoms with Crippen LogP contribution in [0.2, 0.25) is 0 Å². The van der Waals surface area contributed by atoms with Crippen LogP contribution in [0.1, 0.15) is 0 Å². The Bertz CT molecular complexity index is 455. The molecule has 2 heterocycles. The molecule has 0 radical (unpaired) electrons. The first-order valence-corrected chi connectivity index (χ1v) is 3.69. The van der Waals surface area contributed by atoms with Gasteiger partial charge in [0.15, 0.2) is 0 Å². The van der Waals surface area contributed by atoms with Gasteiger partial charge in [-0.05, 0) is 6.07 Å². The van der Waals surface area contributed by atoms with Crippen molar-refractivity contribution in [1.29, 1.82) is 0 Å². The summed E-state index contributed by atoms with van der Waals surface area (Å²) in [5, 5.41) is 2.98. The number of nitrogens with one attached hydrogen (secondary N) is 3. The first-order chi connectivity index (χ1) is 5.81. The summed E-state index contributed by atoms with van der Waals surface area (Å²) in [5.41, 5.74) is 2.57. The van der Waals surface area contributed by atoms with E-state index in [0.29, 0.717) is 0 Å². The van der Waals surface area contributed by atoms with E-state index in [2.05, 4.69) is 15.3 Å². The molecule has 0 aliphatic rings. The molecule has 0 amide bonds. The number of hydrogen-bond acceptors (Lipinski definition) is 2. The Labute approximate surface area is 68.6 Å². The highest BCUT2D eigenvalue weighted by Gasteiger charge is 2.00. The minimum atomic E-state index is -0.0846. The molecule has 62 valence electrons. The summed E-state index contributed by atoms with van der Waals surface area (Å²) < 4.78 is 0. The fourth-order valence-corrected chi connectivity index (χ4v) is 1.23. The quantitative estimate of drug-likeness (QED) is 0.584. The SMILES string of the molecule is CNc1c[nH]c2ccc(=O)[nH]c12. The number of rotatable bonds is 1. The van der Waals surface area contributed by atoms with Crippen LogP contribution in [0.3, 0.4) is 0 Å². The third-order valence-electron chi connectivity index (χ3n) is 1.83. The molecule has 0 aromatic carbocycles. The lowest BCUT2D eigenvalue weighted by molar-refractivity contribution is 1.30. The van der Waals surface area contributed by atoms with Crippen molar-refractivity contribution < 1.29 is 0 Å². The molecule has 0 aliphatic heterocycles. The fraction of sp³-hybridized carbons (Fsp3) is 0.125. The molecule has 0 fully saturated rings. The molecular weight excluding hydrogens is 154 g/mol. The molecule has 2 aromatic rings. The molecule has 0 aliphatic carbocycles. The van der Waals surface area contributed by atoms with Crippen molar-refractivity contribution in [2.24, 2.45) is 0 Å². The zero-order valence-corrected chi connectivity index (χ0v) is 6.64. The lowest BCUT2D eigenvalue weighted by Crippen LogP contribution is -2.02. The largest absolute Gasteiger partial charge is 0.385 e. The summed E-state index contributed by atoms with van der Waals surface area (Å²) in [5.74, 6) is 0. The van der Waals surface area contributed by atoms with E-state index in [9.17, 15) is 4.79 Å². The molecule has 0 saturated heterocycles. The number of hydrogen-bond donors (Lipinski definition) is 3. The van der Waals surface area contributed by atoms with E-state index in [-0.39, 0.29) is 5.56 Å². The molecule has 3 N–H and O–H groups in total. The van der Waals surface area contributed by atoms with E-state index in [4.69, 9.17) is 0 Å². The Morgan fingerprint density at radius 1 is 1.42 bits per heavy atom. The normalized spacial score (nSPS) is 10.4. The van der Waals surface area contributed by atoms with Gasteiger partial charge in [0.2, 0.25) is 5.56 Å². The van der Waals surface area contributed by atoms with E-state index in [0.717, 1.165) is 16.7 Å². The van der Waals surface area contributed by atoms with Gasteiger partial charge in [0.25, 0.3) is 0 Å². The minimum absolute atomic E-state index is 0.0846. The number of fused-ring (bicyclic) bond motifs is 1. The Morgan fingerprint density at radius 2 is 2.25 bits per heavy atom. The van der Waals surface area contributed by atoms with Gasteiger partial charge < -0.3 is 15.3 Å². The third-order valence-corrected chi connectivity index (χ3v) is 1.83. The van der Waals surface area contributed by atoms with Crippen molar-refractivity contribution in [2.45, 2.75) is 0 Å². The maximum absolute atomic E-state index is 11.0. The molecule has 0 spiro atoms. The van der Waals surface area contributed by atoms with Gasteiger partial charge in [0.05, 0.1) is 16.7 Å². The van der Waals surface area contributed by atoms with Crippen molar-refractivity contribution in [1.82, 2.24) is 9.97 Å². The van der Waals surface area contributed by atoms with E-state index in [1.165, 1.54) is 6.07 Å². The summed E-state index contributed by atoms with van der Waals surface area (Å²) in [4.78, 5) is 16.7. The lowest BCUT2D eigenvalue weighted by atomic mass is 10.3. The second kappa shape index (κ2) is 2.41. The lowest BCUT2D eigenvalue weighted by Gasteiger charge is -1.94. The third kappa shape index (κ3) is 0.887.